The quantitative estimate of drug-likeness (QED) is 0.524. The van der Waals surface area contributed by atoms with Gasteiger partial charge in [-0.2, -0.15) is 0 Å². The van der Waals surface area contributed by atoms with Crippen LogP contribution in [0.5, 0.6) is 17.2 Å². The van der Waals surface area contributed by atoms with E-state index < -0.39 is 6.04 Å². The first-order chi connectivity index (χ1) is 16.0. The van der Waals surface area contributed by atoms with E-state index in [1.807, 2.05) is 56.3 Å². The van der Waals surface area contributed by atoms with Crippen molar-refractivity contribution in [3.8, 4) is 17.2 Å². The van der Waals surface area contributed by atoms with Gasteiger partial charge < -0.3 is 24.3 Å². The van der Waals surface area contributed by atoms with Crippen LogP contribution in [0.3, 0.4) is 0 Å². The molecule has 2 aromatic carbocycles. The Hall–Kier alpha value is -3.13. The van der Waals surface area contributed by atoms with Crippen LogP contribution < -0.4 is 19.5 Å². The Morgan fingerprint density at radius 2 is 1.85 bits per heavy atom. The number of carbonyl (C=O) groups is 1. The standard InChI is InChI=1S/C25H30N2O5S/c1-6-31-21-11-9-8-10-19(21)23-22(24(28)32-7-2)16(3)26-25(27-23)33-15-17-14-18(29-4)12-13-20(17)30-5/h8-14,23H,6-7,15H2,1-5H3,(H,26,27)/t23-/m0/s1. The number of amidine groups is 1. The van der Waals surface area contributed by atoms with Gasteiger partial charge >= 0.3 is 5.97 Å². The molecule has 3 rings (SSSR count). The maximum absolute atomic E-state index is 12.8. The molecule has 0 radical (unpaired) electrons. The average Bonchev–Trinajstić information content (AvgIpc) is 2.82. The van der Waals surface area contributed by atoms with Crippen molar-refractivity contribution < 1.29 is 23.7 Å². The molecule has 1 atom stereocenters. The van der Waals surface area contributed by atoms with Crippen LogP contribution in [0.25, 0.3) is 0 Å². The van der Waals surface area contributed by atoms with Crippen molar-refractivity contribution in [2.24, 2.45) is 4.99 Å². The molecular formula is C25H30N2O5S. The third kappa shape index (κ3) is 5.82. The van der Waals surface area contributed by atoms with E-state index in [0.717, 1.165) is 22.6 Å². The van der Waals surface area contributed by atoms with Crippen molar-refractivity contribution in [1.29, 1.82) is 0 Å². The monoisotopic (exact) mass is 470 g/mol. The Balaban J connectivity index is 1.95. The van der Waals surface area contributed by atoms with Crippen molar-refractivity contribution >= 4 is 22.9 Å². The number of nitrogens with zero attached hydrogens (tertiary/aromatic N) is 1. The van der Waals surface area contributed by atoms with Crippen LogP contribution >= 0.6 is 11.8 Å². The molecule has 0 saturated carbocycles. The van der Waals surface area contributed by atoms with E-state index in [1.165, 1.54) is 11.8 Å². The van der Waals surface area contributed by atoms with Crippen molar-refractivity contribution in [1.82, 2.24) is 5.32 Å². The maximum Gasteiger partial charge on any atom is 0.338 e. The lowest BCUT2D eigenvalue weighted by molar-refractivity contribution is -0.138. The molecule has 0 spiro atoms. The molecule has 176 valence electrons. The minimum absolute atomic E-state index is 0.288. The van der Waals surface area contributed by atoms with Crippen molar-refractivity contribution in [2.45, 2.75) is 32.6 Å². The van der Waals surface area contributed by atoms with Gasteiger partial charge in [0.15, 0.2) is 5.17 Å². The molecule has 1 aliphatic rings. The third-order valence-corrected chi connectivity index (χ3v) is 6.02. The number of carbonyl (C=O) groups excluding carboxylic acids is 1. The fourth-order valence-corrected chi connectivity index (χ4v) is 4.48. The van der Waals surface area contributed by atoms with Gasteiger partial charge in [0.1, 0.15) is 23.3 Å². The molecular weight excluding hydrogens is 440 g/mol. The first kappa shape index (κ1) is 24.5. The number of para-hydroxylation sites is 1. The van der Waals surface area contributed by atoms with E-state index >= 15 is 0 Å². The summed E-state index contributed by atoms with van der Waals surface area (Å²) in [5, 5.41) is 3.97. The second-order valence-electron chi connectivity index (χ2n) is 7.16. The van der Waals surface area contributed by atoms with Crippen molar-refractivity contribution in [3.05, 3.63) is 64.9 Å². The summed E-state index contributed by atoms with van der Waals surface area (Å²) in [6.07, 6.45) is 0. The van der Waals surface area contributed by atoms with Gasteiger partial charge in [0.25, 0.3) is 0 Å². The molecule has 0 fully saturated rings. The summed E-state index contributed by atoms with van der Waals surface area (Å²) < 4.78 is 22.0. The van der Waals surface area contributed by atoms with E-state index in [1.54, 1.807) is 21.1 Å². The van der Waals surface area contributed by atoms with Crippen LogP contribution in [0.15, 0.2) is 58.7 Å². The van der Waals surface area contributed by atoms with E-state index in [4.69, 9.17) is 23.9 Å². The highest BCUT2D eigenvalue weighted by atomic mass is 32.2. The van der Waals surface area contributed by atoms with Gasteiger partial charge in [-0.05, 0) is 45.0 Å². The van der Waals surface area contributed by atoms with Gasteiger partial charge in [-0.25, -0.2) is 9.79 Å². The number of benzene rings is 2. The topological polar surface area (TPSA) is 78.4 Å². The van der Waals surface area contributed by atoms with Crippen LogP contribution in [-0.4, -0.2) is 38.6 Å². The molecule has 33 heavy (non-hydrogen) atoms. The van der Waals surface area contributed by atoms with Gasteiger partial charge in [-0.15, -0.1) is 0 Å². The molecule has 0 saturated heterocycles. The lowest BCUT2D eigenvalue weighted by Gasteiger charge is -2.27. The molecule has 0 amide bonds. The minimum atomic E-state index is -0.539. The van der Waals surface area contributed by atoms with E-state index in [0.29, 0.717) is 34.5 Å². The zero-order valence-electron chi connectivity index (χ0n) is 19.6. The SMILES string of the molecule is CCOC(=O)C1=C(C)NC(SCc2cc(OC)ccc2OC)=N[C@H]1c1ccccc1OCC. The Labute approximate surface area is 199 Å². The lowest BCUT2D eigenvalue weighted by atomic mass is 9.96. The normalized spacial score (nSPS) is 15.4. The number of methoxy groups -OCH3 is 2. The minimum Gasteiger partial charge on any atom is -0.497 e. The Bertz CT molecular complexity index is 1050. The largest absolute Gasteiger partial charge is 0.497 e. The predicted octanol–water partition coefficient (Wildman–Crippen LogP) is 4.87. The molecule has 0 bridgehead atoms. The van der Waals surface area contributed by atoms with E-state index in [2.05, 4.69) is 5.32 Å². The molecule has 7 nitrogen and oxygen atoms in total. The fourth-order valence-electron chi connectivity index (χ4n) is 3.55. The molecule has 1 heterocycles. The van der Waals surface area contributed by atoms with Gasteiger partial charge in [0.05, 0.1) is 33.0 Å². The number of rotatable bonds is 9. The highest BCUT2D eigenvalue weighted by Gasteiger charge is 2.32. The number of aliphatic imine (C=N–C) groups is 1. The summed E-state index contributed by atoms with van der Waals surface area (Å²) in [6, 6.07) is 12.8. The Kier molecular flexibility index (Phi) is 8.65. The van der Waals surface area contributed by atoms with Crippen LogP contribution in [-0.2, 0) is 15.3 Å². The van der Waals surface area contributed by atoms with Crippen LogP contribution in [0.2, 0.25) is 0 Å². The Morgan fingerprint density at radius 3 is 2.55 bits per heavy atom. The van der Waals surface area contributed by atoms with Gasteiger partial charge in [-0.3, -0.25) is 0 Å². The molecule has 0 unspecified atom stereocenters. The summed E-state index contributed by atoms with van der Waals surface area (Å²) in [5.41, 5.74) is 2.99. The molecule has 2 aromatic rings. The maximum atomic E-state index is 12.8. The van der Waals surface area contributed by atoms with Crippen LogP contribution in [0.1, 0.15) is 37.9 Å². The number of allylic oxidation sites excluding steroid dienone is 1. The predicted molar refractivity (Wildman–Crippen MR) is 131 cm³/mol. The highest BCUT2D eigenvalue weighted by molar-refractivity contribution is 8.13. The molecule has 0 aliphatic carbocycles. The zero-order valence-corrected chi connectivity index (χ0v) is 20.5. The van der Waals surface area contributed by atoms with Crippen LogP contribution in [0, 0.1) is 0 Å². The fraction of sp³-hybridized carbons (Fsp3) is 0.360. The number of ether oxygens (including phenoxy) is 4. The van der Waals surface area contributed by atoms with Gasteiger partial charge in [0.2, 0.25) is 0 Å². The molecule has 0 aromatic heterocycles. The summed E-state index contributed by atoms with van der Waals surface area (Å²) in [5.74, 6) is 2.45. The summed E-state index contributed by atoms with van der Waals surface area (Å²) in [6.45, 7) is 6.39. The summed E-state index contributed by atoms with van der Waals surface area (Å²) in [4.78, 5) is 17.7. The summed E-state index contributed by atoms with van der Waals surface area (Å²) >= 11 is 1.52. The Morgan fingerprint density at radius 1 is 1.06 bits per heavy atom. The number of esters is 1. The number of nitrogens with one attached hydrogen (secondary N) is 1. The van der Waals surface area contributed by atoms with E-state index in [-0.39, 0.29) is 12.6 Å². The van der Waals surface area contributed by atoms with Crippen molar-refractivity contribution in [2.75, 3.05) is 27.4 Å². The second kappa shape index (κ2) is 11.7. The first-order valence-electron chi connectivity index (χ1n) is 10.8. The van der Waals surface area contributed by atoms with E-state index in [9.17, 15) is 4.79 Å². The molecule has 1 N–H and O–H groups in total. The molecule has 8 heteroatoms. The molecule has 1 aliphatic heterocycles. The summed E-state index contributed by atoms with van der Waals surface area (Å²) in [7, 11) is 3.28. The zero-order chi connectivity index (χ0) is 23.8. The average molecular weight is 471 g/mol. The van der Waals surface area contributed by atoms with Crippen LogP contribution in [0.4, 0.5) is 0 Å². The lowest BCUT2D eigenvalue weighted by Crippen LogP contribution is -2.30. The second-order valence-corrected chi connectivity index (χ2v) is 8.12. The smallest absolute Gasteiger partial charge is 0.338 e. The number of hydrogen-bond donors (Lipinski definition) is 1. The van der Waals surface area contributed by atoms with Gasteiger partial charge in [-0.1, -0.05) is 30.0 Å². The van der Waals surface area contributed by atoms with Gasteiger partial charge in [0, 0.05) is 22.6 Å². The number of hydrogen-bond acceptors (Lipinski definition) is 8. The number of thioether (sulfide) groups is 1. The highest BCUT2D eigenvalue weighted by Crippen LogP contribution is 2.38. The first-order valence-corrected chi connectivity index (χ1v) is 11.8. The third-order valence-electron chi connectivity index (χ3n) is 5.08. The van der Waals surface area contributed by atoms with Crippen molar-refractivity contribution in [3.63, 3.8) is 0 Å².